The number of hydrogen-bond donors (Lipinski definition) is 1. The number of halogens is 3. The van der Waals surface area contributed by atoms with Gasteiger partial charge in [0.15, 0.2) is 0 Å². The molecule has 0 atom stereocenters. The van der Waals surface area contributed by atoms with E-state index in [1.54, 1.807) is 0 Å². The molecule has 0 bridgehead atoms. The maximum absolute atomic E-state index is 12.9. The molecule has 1 N–H and O–H groups in total. The summed E-state index contributed by atoms with van der Waals surface area (Å²) in [7, 11) is 1.04. The Hall–Kier alpha value is -1.46. The van der Waals surface area contributed by atoms with Gasteiger partial charge in [0.1, 0.15) is 30.9 Å². The van der Waals surface area contributed by atoms with Crippen LogP contribution in [0.15, 0.2) is 6.07 Å². The predicted octanol–water partition coefficient (Wildman–Crippen LogP) is 0.0605. The lowest BCUT2D eigenvalue weighted by Gasteiger charge is -2.03. The van der Waals surface area contributed by atoms with Gasteiger partial charge in [-0.3, -0.25) is 0 Å². The van der Waals surface area contributed by atoms with Gasteiger partial charge in [0.2, 0.25) is 0 Å². The number of carboxylic acid groups (broad SMARTS) is 1. The Bertz CT molecular complexity index is 378. The number of benzene rings is 1. The van der Waals surface area contributed by atoms with Crippen LogP contribution in [0.1, 0.15) is 10.4 Å². The first-order chi connectivity index (χ1) is 5.95. The standard InChI is InChI=1S/C7H4BF3O2/c8-5-3(10)1-2(9)4(6(5)11)7(12)13/h1H,8H2,(H,12,13). The zero-order valence-corrected chi connectivity index (χ0v) is 6.57. The molecule has 6 heteroatoms. The van der Waals surface area contributed by atoms with E-state index in [4.69, 9.17) is 5.11 Å². The van der Waals surface area contributed by atoms with Gasteiger partial charge in [0.05, 0.1) is 0 Å². The molecule has 2 nitrogen and oxygen atoms in total. The minimum atomic E-state index is -1.75. The van der Waals surface area contributed by atoms with Gasteiger partial charge in [-0.25, -0.2) is 18.0 Å². The van der Waals surface area contributed by atoms with Crippen LogP contribution in [0, 0.1) is 17.5 Å². The minimum Gasteiger partial charge on any atom is -0.477 e. The van der Waals surface area contributed by atoms with Gasteiger partial charge in [0.25, 0.3) is 0 Å². The highest BCUT2D eigenvalue weighted by atomic mass is 19.1. The first kappa shape index (κ1) is 9.63. The maximum Gasteiger partial charge on any atom is 0.341 e. The van der Waals surface area contributed by atoms with E-state index in [9.17, 15) is 18.0 Å². The van der Waals surface area contributed by atoms with Crippen LogP contribution in [0.2, 0.25) is 0 Å². The zero-order valence-electron chi connectivity index (χ0n) is 6.57. The van der Waals surface area contributed by atoms with Gasteiger partial charge in [-0.15, -0.1) is 0 Å². The zero-order chi connectivity index (χ0) is 10.2. The molecule has 0 aromatic heterocycles. The molecule has 0 fully saturated rings. The van der Waals surface area contributed by atoms with Crippen LogP contribution in [0.4, 0.5) is 13.2 Å². The smallest absolute Gasteiger partial charge is 0.341 e. The van der Waals surface area contributed by atoms with Crippen molar-refractivity contribution in [2.45, 2.75) is 0 Å². The molecule has 13 heavy (non-hydrogen) atoms. The van der Waals surface area contributed by atoms with E-state index >= 15 is 0 Å². The van der Waals surface area contributed by atoms with Crippen LogP contribution in [0.25, 0.3) is 0 Å². The van der Waals surface area contributed by atoms with Crippen LogP contribution >= 0.6 is 0 Å². The fourth-order valence-electron chi connectivity index (χ4n) is 0.885. The molecule has 0 saturated heterocycles. The summed E-state index contributed by atoms with van der Waals surface area (Å²) in [6.07, 6.45) is 0. The molecule has 1 aromatic rings. The van der Waals surface area contributed by atoms with Gasteiger partial charge in [-0.2, -0.15) is 0 Å². The summed E-state index contributed by atoms with van der Waals surface area (Å²) in [4.78, 5) is 10.3. The first-order valence-corrected chi connectivity index (χ1v) is 3.32. The summed E-state index contributed by atoms with van der Waals surface area (Å²) in [6, 6.07) is 0.349. The van der Waals surface area contributed by atoms with Crippen molar-refractivity contribution in [3.8, 4) is 0 Å². The second kappa shape index (κ2) is 3.12. The van der Waals surface area contributed by atoms with Crippen molar-refractivity contribution in [3.63, 3.8) is 0 Å². The SMILES string of the molecule is Bc1c(F)cc(F)c(C(=O)O)c1F. The summed E-state index contributed by atoms with van der Waals surface area (Å²) < 4.78 is 38.2. The lowest BCUT2D eigenvalue weighted by molar-refractivity contribution is 0.0686. The van der Waals surface area contributed by atoms with E-state index < -0.39 is 34.4 Å². The molecule has 0 radical (unpaired) electrons. The Labute approximate surface area is 72.4 Å². The maximum atomic E-state index is 12.9. The molecular formula is C7H4BF3O2. The first-order valence-electron chi connectivity index (χ1n) is 3.32. The molecule has 1 aromatic carbocycles. The topological polar surface area (TPSA) is 37.3 Å². The number of rotatable bonds is 1. The largest absolute Gasteiger partial charge is 0.477 e. The summed E-state index contributed by atoms with van der Waals surface area (Å²) in [5, 5.41) is 8.36. The van der Waals surface area contributed by atoms with E-state index in [-0.39, 0.29) is 0 Å². The predicted molar refractivity (Wildman–Crippen MR) is 41.5 cm³/mol. The molecule has 0 aliphatic rings. The summed E-state index contributed by atoms with van der Waals surface area (Å²) in [5.74, 6) is -5.63. The Kier molecular flexibility index (Phi) is 2.31. The molecule has 0 aliphatic carbocycles. The van der Waals surface area contributed by atoms with Crippen molar-refractivity contribution >= 4 is 19.3 Å². The third-order valence-corrected chi connectivity index (χ3v) is 1.61. The van der Waals surface area contributed by atoms with Crippen LogP contribution in [0.3, 0.4) is 0 Å². The average Bonchev–Trinajstić information content (AvgIpc) is 1.99. The fourth-order valence-corrected chi connectivity index (χ4v) is 0.885. The molecular weight excluding hydrogens is 184 g/mol. The second-order valence-corrected chi connectivity index (χ2v) is 2.46. The van der Waals surface area contributed by atoms with Gasteiger partial charge in [-0.05, 0) is 5.46 Å². The van der Waals surface area contributed by atoms with Crippen molar-refractivity contribution in [2.75, 3.05) is 0 Å². The van der Waals surface area contributed by atoms with Crippen LogP contribution in [-0.4, -0.2) is 18.9 Å². The quantitative estimate of drug-likeness (QED) is 0.632. The van der Waals surface area contributed by atoms with Crippen LogP contribution in [-0.2, 0) is 0 Å². The molecule has 1 rings (SSSR count). The minimum absolute atomic E-state index is 0.349. The van der Waals surface area contributed by atoms with Crippen molar-refractivity contribution in [3.05, 3.63) is 29.1 Å². The van der Waals surface area contributed by atoms with E-state index in [0.717, 1.165) is 7.85 Å². The van der Waals surface area contributed by atoms with Crippen molar-refractivity contribution in [1.29, 1.82) is 0 Å². The summed E-state index contributed by atoms with van der Waals surface area (Å²) >= 11 is 0. The Morgan fingerprint density at radius 1 is 1.31 bits per heavy atom. The number of aromatic carboxylic acids is 1. The third kappa shape index (κ3) is 1.51. The van der Waals surface area contributed by atoms with Crippen molar-refractivity contribution in [2.24, 2.45) is 0 Å². The molecule has 0 aliphatic heterocycles. The normalized spacial score (nSPS) is 10.1. The van der Waals surface area contributed by atoms with Gasteiger partial charge >= 0.3 is 5.97 Å². The van der Waals surface area contributed by atoms with E-state index in [0.29, 0.717) is 6.07 Å². The average molecular weight is 188 g/mol. The second-order valence-electron chi connectivity index (χ2n) is 2.46. The van der Waals surface area contributed by atoms with E-state index in [1.165, 1.54) is 0 Å². The molecule has 0 unspecified atom stereocenters. The van der Waals surface area contributed by atoms with Crippen molar-refractivity contribution in [1.82, 2.24) is 0 Å². The Balaban J connectivity index is 3.53. The molecule has 68 valence electrons. The summed E-state index contributed by atoms with van der Waals surface area (Å²) in [5.41, 5.74) is -1.63. The van der Waals surface area contributed by atoms with Gasteiger partial charge < -0.3 is 5.11 Å². The molecule has 0 heterocycles. The molecule has 0 saturated carbocycles. The Morgan fingerprint density at radius 3 is 2.31 bits per heavy atom. The highest BCUT2D eigenvalue weighted by Crippen LogP contribution is 2.11. The van der Waals surface area contributed by atoms with E-state index in [1.807, 2.05) is 0 Å². The lowest BCUT2D eigenvalue weighted by atomic mass is 9.92. The fraction of sp³-hybridized carbons (Fsp3) is 0. The monoisotopic (exact) mass is 188 g/mol. The summed E-state index contributed by atoms with van der Waals surface area (Å²) in [6.45, 7) is 0. The lowest BCUT2D eigenvalue weighted by Crippen LogP contribution is -2.20. The van der Waals surface area contributed by atoms with Gasteiger partial charge in [0, 0.05) is 6.07 Å². The number of carbonyl (C=O) groups is 1. The molecule has 0 spiro atoms. The number of hydrogen-bond acceptors (Lipinski definition) is 1. The third-order valence-electron chi connectivity index (χ3n) is 1.61. The van der Waals surface area contributed by atoms with Crippen LogP contribution in [0.5, 0.6) is 0 Å². The van der Waals surface area contributed by atoms with Crippen molar-refractivity contribution < 1.29 is 23.1 Å². The molecule has 0 amide bonds. The van der Waals surface area contributed by atoms with Gasteiger partial charge in [-0.1, -0.05) is 0 Å². The van der Waals surface area contributed by atoms with E-state index in [2.05, 4.69) is 0 Å². The highest BCUT2D eigenvalue weighted by molar-refractivity contribution is 6.33. The highest BCUT2D eigenvalue weighted by Gasteiger charge is 2.20. The number of carboxylic acids is 1. The Morgan fingerprint density at radius 2 is 1.85 bits per heavy atom. The van der Waals surface area contributed by atoms with Crippen LogP contribution < -0.4 is 5.46 Å².